The van der Waals surface area contributed by atoms with Crippen LogP contribution in [-0.2, 0) is 10.0 Å². The fourth-order valence-electron chi connectivity index (χ4n) is 2.61. The van der Waals surface area contributed by atoms with E-state index in [9.17, 15) is 12.8 Å². The number of halogens is 2. The third kappa shape index (κ3) is 3.12. The number of rotatable bonds is 3. The van der Waals surface area contributed by atoms with Gasteiger partial charge in [-0.05, 0) is 25.2 Å². The Hall–Kier alpha value is -1.48. The fourth-order valence-corrected chi connectivity index (χ4v) is 4.32. The van der Waals surface area contributed by atoms with Gasteiger partial charge >= 0.3 is 0 Å². The molecule has 1 aromatic heterocycles. The molecule has 1 saturated heterocycles. The zero-order valence-corrected chi connectivity index (χ0v) is 14.0. The van der Waals surface area contributed by atoms with Crippen molar-refractivity contribution < 1.29 is 12.8 Å². The van der Waals surface area contributed by atoms with Crippen molar-refractivity contribution in [3.63, 3.8) is 0 Å². The molecule has 23 heavy (non-hydrogen) atoms. The first-order valence-corrected chi connectivity index (χ1v) is 8.86. The lowest BCUT2D eigenvalue weighted by atomic mass is 10.2. The van der Waals surface area contributed by atoms with E-state index in [1.54, 1.807) is 12.4 Å². The molecule has 0 aliphatic carbocycles. The molecule has 1 N–H and O–H groups in total. The minimum Gasteiger partial charge on any atom is -0.347 e. The van der Waals surface area contributed by atoms with E-state index in [4.69, 9.17) is 11.6 Å². The Labute approximate surface area is 138 Å². The highest BCUT2D eigenvalue weighted by molar-refractivity contribution is 7.89. The van der Waals surface area contributed by atoms with E-state index in [0.717, 1.165) is 12.1 Å². The average molecular weight is 359 g/mol. The average Bonchev–Trinajstić information content (AvgIpc) is 3.04. The molecule has 0 radical (unpaired) electrons. The maximum absolute atomic E-state index is 13.3. The second-order valence-electron chi connectivity index (χ2n) is 5.41. The first-order chi connectivity index (χ1) is 10.9. The monoisotopic (exact) mass is 358 g/mol. The highest BCUT2D eigenvalue weighted by atomic mass is 35.5. The predicted molar refractivity (Wildman–Crippen MR) is 84.1 cm³/mol. The van der Waals surface area contributed by atoms with Gasteiger partial charge in [0, 0.05) is 32.0 Å². The molecule has 0 unspecified atom stereocenters. The first kappa shape index (κ1) is 16.4. The molecule has 0 saturated carbocycles. The summed E-state index contributed by atoms with van der Waals surface area (Å²) in [6.07, 6.45) is 3.34. The van der Waals surface area contributed by atoms with Crippen molar-refractivity contribution in [1.29, 1.82) is 0 Å². The highest BCUT2D eigenvalue weighted by Crippen LogP contribution is 2.27. The molecule has 1 aliphatic rings. The molecule has 1 fully saturated rings. The number of imidazole rings is 1. The fraction of sp³-hybridized carbons (Fsp3) is 0.357. The summed E-state index contributed by atoms with van der Waals surface area (Å²) in [4.78, 5) is 9.27. The third-order valence-electron chi connectivity index (χ3n) is 3.97. The van der Waals surface area contributed by atoms with Gasteiger partial charge in [-0.25, -0.2) is 17.8 Å². The van der Waals surface area contributed by atoms with E-state index in [1.807, 2.05) is 11.9 Å². The van der Waals surface area contributed by atoms with E-state index in [2.05, 4.69) is 9.97 Å². The standard InChI is InChI=1S/C14H16ClFN4O2S/c1-19-6-7-20(9-13(19)14-17-4-5-18-14)23(21,22)10-2-3-12(16)11(15)8-10/h2-5,8,13H,6-7,9H2,1H3,(H,17,18)/t13-/m1/s1. The molecule has 124 valence electrons. The molecule has 0 bridgehead atoms. The van der Waals surface area contributed by atoms with Crippen LogP contribution >= 0.6 is 11.6 Å². The van der Waals surface area contributed by atoms with Crippen LogP contribution in [0.4, 0.5) is 4.39 Å². The van der Waals surface area contributed by atoms with Crippen molar-refractivity contribution in [1.82, 2.24) is 19.2 Å². The predicted octanol–water partition coefficient (Wildman–Crippen LogP) is 1.88. The van der Waals surface area contributed by atoms with Crippen LogP contribution < -0.4 is 0 Å². The van der Waals surface area contributed by atoms with Crippen molar-refractivity contribution in [2.24, 2.45) is 0 Å². The molecule has 0 spiro atoms. The minimum absolute atomic E-state index is 0.00773. The number of piperazine rings is 1. The molecule has 1 aromatic carbocycles. The Balaban J connectivity index is 1.89. The molecule has 6 nitrogen and oxygen atoms in total. The summed E-state index contributed by atoms with van der Waals surface area (Å²) in [6, 6.07) is 3.28. The maximum atomic E-state index is 13.3. The second kappa shape index (κ2) is 6.20. The first-order valence-electron chi connectivity index (χ1n) is 7.04. The molecule has 3 rings (SSSR count). The lowest BCUT2D eigenvalue weighted by Gasteiger charge is -2.37. The summed E-state index contributed by atoms with van der Waals surface area (Å²) in [5.41, 5.74) is 0. The number of nitrogens with zero attached hydrogens (tertiary/aromatic N) is 3. The molecule has 1 aliphatic heterocycles. The summed E-state index contributed by atoms with van der Waals surface area (Å²) >= 11 is 5.71. The maximum Gasteiger partial charge on any atom is 0.243 e. The van der Waals surface area contributed by atoms with Gasteiger partial charge < -0.3 is 4.98 Å². The summed E-state index contributed by atoms with van der Waals surface area (Å²) in [6.45, 7) is 1.19. The number of aromatic amines is 1. The Morgan fingerprint density at radius 3 is 2.83 bits per heavy atom. The lowest BCUT2D eigenvalue weighted by Crippen LogP contribution is -2.49. The largest absolute Gasteiger partial charge is 0.347 e. The highest BCUT2D eigenvalue weighted by Gasteiger charge is 2.34. The zero-order valence-electron chi connectivity index (χ0n) is 12.4. The van der Waals surface area contributed by atoms with Gasteiger partial charge in [0.15, 0.2) is 0 Å². The van der Waals surface area contributed by atoms with Crippen molar-refractivity contribution in [2.75, 3.05) is 26.7 Å². The molecule has 9 heteroatoms. The summed E-state index contributed by atoms with van der Waals surface area (Å²) in [5.74, 6) is 0.0713. The van der Waals surface area contributed by atoms with Gasteiger partial charge in [-0.15, -0.1) is 0 Å². The Morgan fingerprint density at radius 1 is 1.39 bits per heavy atom. The summed E-state index contributed by atoms with van der Waals surface area (Å²) < 4.78 is 40.2. The second-order valence-corrected chi connectivity index (χ2v) is 7.75. The van der Waals surface area contributed by atoms with Crippen LogP contribution in [0.1, 0.15) is 11.9 Å². The van der Waals surface area contributed by atoms with Crippen molar-refractivity contribution in [3.05, 3.63) is 47.3 Å². The molecule has 2 aromatic rings. The zero-order chi connectivity index (χ0) is 16.6. The number of sulfonamides is 1. The van der Waals surface area contributed by atoms with Crippen molar-refractivity contribution >= 4 is 21.6 Å². The minimum atomic E-state index is -3.73. The lowest BCUT2D eigenvalue weighted by molar-refractivity contribution is 0.142. The van der Waals surface area contributed by atoms with Crippen molar-refractivity contribution in [3.8, 4) is 0 Å². The molecule has 2 heterocycles. The Bertz CT molecular complexity index is 797. The van der Waals surface area contributed by atoms with Crippen LogP contribution in [0.2, 0.25) is 5.02 Å². The normalized spacial score (nSPS) is 20.7. The van der Waals surface area contributed by atoms with Crippen LogP contribution in [-0.4, -0.2) is 54.3 Å². The van der Waals surface area contributed by atoms with E-state index < -0.39 is 15.8 Å². The van der Waals surface area contributed by atoms with Gasteiger partial charge in [0.1, 0.15) is 11.6 Å². The molecular weight excluding hydrogens is 343 g/mol. The Kier molecular flexibility index (Phi) is 4.41. The van der Waals surface area contributed by atoms with Crippen molar-refractivity contribution in [2.45, 2.75) is 10.9 Å². The molecule has 1 atom stereocenters. The SMILES string of the molecule is CN1CCN(S(=O)(=O)c2ccc(F)c(Cl)c2)C[C@@H]1c1ncc[nH]1. The van der Waals surface area contributed by atoms with E-state index in [-0.39, 0.29) is 22.5 Å². The van der Waals surface area contributed by atoms with Crippen LogP contribution in [0.5, 0.6) is 0 Å². The van der Waals surface area contributed by atoms with Crippen LogP contribution in [0.3, 0.4) is 0 Å². The number of nitrogens with one attached hydrogen (secondary N) is 1. The number of H-pyrrole nitrogens is 1. The van der Waals surface area contributed by atoms with Crippen LogP contribution in [0, 0.1) is 5.82 Å². The van der Waals surface area contributed by atoms with Crippen LogP contribution in [0.25, 0.3) is 0 Å². The van der Waals surface area contributed by atoms with Gasteiger partial charge in [-0.1, -0.05) is 11.6 Å². The topological polar surface area (TPSA) is 69.3 Å². The van der Waals surface area contributed by atoms with E-state index >= 15 is 0 Å². The number of benzene rings is 1. The van der Waals surface area contributed by atoms with E-state index in [0.29, 0.717) is 18.9 Å². The Morgan fingerprint density at radius 2 is 2.17 bits per heavy atom. The summed E-state index contributed by atoms with van der Waals surface area (Å²) in [5, 5.41) is -0.206. The third-order valence-corrected chi connectivity index (χ3v) is 6.13. The number of hydrogen-bond donors (Lipinski definition) is 1. The molecular formula is C14H16ClFN4O2S. The number of aromatic nitrogens is 2. The van der Waals surface area contributed by atoms with Gasteiger partial charge in [0.25, 0.3) is 0 Å². The quantitative estimate of drug-likeness (QED) is 0.909. The molecule has 0 amide bonds. The summed E-state index contributed by atoms with van der Waals surface area (Å²) in [7, 11) is -1.81. The van der Waals surface area contributed by atoms with Crippen LogP contribution in [0.15, 0.2) is 35.5 Å². The van der Waals surface area contributed by atoms with Gasteiger partial charge in [0.05, 0.1) is 16.0 Å². The smallest absolute Gasteiger partial charge is 0.243 e. The van der Waals surface area contributed by atoms with E-state index in [1.165, 1.54) is 10.4 Å². The number of likely N-dealkylation sites (N-methyl/N-ethyl adjacent to an activating group) is 1. The van der Waals surface area contributed by atoms with Gasteiger partial charge in [-0.3, -0.25) is 4.90 Å². The van der Waals surface area contributed by atoms with Gasteiger partial charge in [-0.2, -0.15) is 4.31 Å². The number of hydrogen-bond acceptors (Lipinski definition) is 4. The van der Waals surface area contributed by atoms with Gasteiger partial charge in [0.2, 0.25) is 10.0 Å².